The molecule has 0 aliphatic rings. The van der Waals surface area contributed by atoms with Gasteiger partial charge in [-0.1, -0.05) is 41.5 Å². The lowest BCUT2D eigenvalue weighted by Crippen LogP contribution is -2.17. The van der Waals surface area contributed by atoms with Gasteiger partial charge >= 0.3 is 11.9 Å². The van der Waals surface area contributed by atoms with Crippen LogP contribution in [-0.2, 0) is 20.4 Å². The Bertz CT molecular complexity index is 632. The van der Waals surface area contributed by atoms with Crippen LogP contribution in [0.2, 0.25) is 0 Å². The van der Waals surface area contributed by atoms with Crippen LogP contribution in [0.4, 0.5) is 0 Å². The summed E-state index contributed by atoms with van der Waals surface area (Å²) in [7, 11) is -1.25. The topological polar surface area (TPSA) is 104 Å². The van der Waals surface area contributed by atoms with Crippen molar-refractivity contribution in [2.45, 2.75) is 65.2 Å². The maximum absolute atomic E-state index is 10.9. The molecule has 0 heterocycles. The quantitative estimate of drug-likeness (QED) is 0.548. The van der Waals surface area contributed by atoms with E-state index in [1.165, 1.54) is 0 Å². The van der Waals surface area contributed by atoms with Gasteiger partial charge in [-0.15, -0.1) is 0 Å². The number of carboxylic acid groups (broad SMARTS) is 2. The highest BCUT2D eigenvalue weighted by Crippen LogP contribution is 2.46. The first-order valence-corrected chi connectivity index (χ1v) is 10.6. The van der Waals surface area contributed by atoms with Gasteiger partial charge in [0.25, 0.3) is 0 Å². The number of phenolic OH excluding ortho intramolecular Hbond substituents is 1. The SMILES string of the molecule is CC(C)(C)c1cc(OP(CCC(=O)O)CCC(=O)O)cc(C(C)(C)C)c1O. The van der Waals surface area contributed by atoms with Crippen molar-refractivity contribution in [2.24, 2.45) is 0 Å². The molecular formula is C20H31O6P. The monoisotopic (exact) mass is 398 g/mol. The first kappa shape index (κ1) is 23.2. The highest BCUT2D eigenvalue weighted by atomic mass is 31.1. The highest BCUT2D eigenvalue weighted by molar-refractivity contribution is 7.53. The van der Waals surface area contributed by atoms with Crippen LogP contribution in [0.15, 0.2) is 12.1 Å². The number of aliphatic carboxylic acids is 2. The van der Waals surface area contributed by atoms with Gasteiger partial charge in [-0.2, -0.15) is 0 Å². The van der Waals surface area contributed by atoms with Gasteiger partial charge in [0.15, 0.2) is 0 Å². The molecule has 0 aromatic heterocycles. The number of rotatable bonds is 8. The van der Waals surface area contributed by atoms with E-state index in [1.54, 1.807) is 12.1 Å². The van der Waals surface area contributed by atoms with Crippen molar-refractivity contribution in [3.8, 4) is 11.5 Å². The molecule has 0 amide bonds. The number of hydrogen-bond acceptors (Lipinski definition) is 4. The van der Waals surface area contributed by atoms with Crippen molar-refractivity contribution in [3.05, 3.63) is 23.3 Å². The summed E-state index contributed by atoms with van der Waals surface area (Å²) in [4.78, 5) is 21.8. The van der Waals surface area contributed by atoms with E-state index in [1.807, 2.05) is 41.5 Å². The Labute approximate surface area is 162 Å². The summed E-state index contributed by atoms with van der Waals surface area (Å²) < 4.78 is 6.07. The molecule has 0 atom stereocenters. The zero-order valence-corrected chi connectivity index (χ0v) is 17.9. The van der Waals surface area contributed by atoms with Gasteiger partial charge in [-0.25, -0.2) is 0 Å². The molecular weight excluding hydrogens is 367 g/mol. The van der Waals surface area contributed by atoms with Gasteiger partial charge in [0.05, 0.1) is 21.0 Å². The molecule has 1 aromatic rings. The van der Waals surface area contributed by atoms with Crippen LogP contribution >= 0.6 is 8.15 Å². The minimum Gasteiger partial charge on any atom is -0.507 e. The summed E-state index contributed by atoms with van der Waals surface area (Å²) in [5.74, 6) is -1.08. The lowest BCUT2D eigenvalue weighted by atomic mass is 9.79. The molecule has 0 spiro atoms. The van der Waals surface area contributed by atoms with Crippen LogP contribution in [-0.4, -0.2) is 39.6 Å². The van der Waals surface area contributed by atoms with E-state index >= 15 is 0 Å². The zero-order valence-electron chi connectivity index (χ0n) is 17.0. The first-order valence-electron chi connectivity index (χ1n) is 8.96. The van der Waals surface area contributed by atoms with Crippen molar-refractivity contribution in [2.75, 3.05) is 12.3 Å². The molecule has 0 radical (unpaired) electrons. The molecule has 27 heavy (non-hydrogen) atoms. The molecule has 0 fully saturated rings. The largest absolute Gasteiger partial charge is 0.507 e. The molecule has 6 nitrogen and oxygen atoms in total. The van der Waals surface area contributed by atoms with Gasteiger partial charge in [-0.3, -0.25) is 9.59 Å². The Morgan fingerprint density at radius 2 is 1.26 bits per heavy atom. The number of hydrogen-bond donors (Lipinski definition) is 3. The maximum Gasteiger partial charge on any atom is 0.303 e. The Balaban J connectivity index is 3.27. The third kappa shape index (κ3) is 7.37. The molecule has 0 saturated carbocycles. The van der Waals surface area contributed by atoms with Crippen LogP contribution in [0.1, 0.15) is 65.5 Å². The Morgan fingerprint density at radius 3 is 1.56 bits per heavy atom. The van der Waals surface area contributed by atoms with E-state index in [2.05, 4.69) is 0 Å². The van der Waals surface area contributed by atoms with Crippen molar-refractivity contribution in [1.29, 1.82) is 0 Å². The smallest absolute Gasteiger partial charge is 0.303 e. The number of carboxylic acids is 2. The third-order valence-corrected chi connectivity index (χ3v) is 6.00. The van der Waals surface area contributed by atoms with E-state index in [4.69, 9.17) is 14.7 Å². The summed E-state index contributed by atoms with van der Waals surface area (Å²) in [6.07, 6.45) is 0.437. The lowest BCUT2D eigenvalue weighted by Gasteiger charge is -2.29. The summed E-state index contributed by atoms with van der Waals surface area (Å²) in [5, 5.41) is 28.7. The summed E-state index contributed by atoms with van der Waals surface area (Å²) in [6, 6.07) is 3.56. The van der Waals surface area contributed by atoms with Crippen molar-refractivity contribution in [3.63, 3.8) is 0 Å². The van der Waals surface area contributed by atoms with Crippen LogP contribution in [0.5, 0.6) is 11.5 Å². The molecule has 1 rings (SSSR count). The standard InChI is InChI=1S/C20H31O6P/c1-19(2,3)14-11-13(12-15(18(14)25)20(4,5)6)26-27(9-7-16(21)22)10-8-17(23)24/h11-12,25H,7-10H2,1-6H3,(H,21,22)(H,23,24). The molecule has 0 aliphatic carbocycles. The van der Waals surface area contributed by atoms with Crippen LogP contribution in [0.25, 0.3) is 0 Å². The van der Waals surface area contributed by atoms with Gasteiger partial charge in [0.2, 0.25) is 0 Å². The second-order valence-corrected chi connectivity index (χ2v) is 10.7. The fourth-order valence-electron chi connectivity index (χ4n) is 2.60. The molecule has 0 bridgehead atoms. The summed E-state index contributed by atoms with van der Waals surface area (Å²) in [6.45, 7) is 12.0. The Morgan fingerprint density at radius 1 is 0.889 bits per heavy atom. The van der Waals surface area contributed by atoms with Crippen LogP contribution < -0.4 is 4.52 Å². The lowest BCUT2D eigenvalue weighted by molar-refractivity contribution is -0.137. The summed E-state index contributed by atoms with van der Waals surface area (Å²) >= 11 is 0. The average Bonchev–Trinajstić information content (AvgIpc) is 2.48. The van der Waals surface area contributed by atoms with Crippen molar-refractivity contribution < 1.29 is 29.4 Å². The average molecular weight is 398 g/mol. The molecule has 0 saturated heterocycles. The zero-order chi connectivity index (χ0) is 21.0. The predicted octanol–water partition coefficient (Wildman–Crippen LogP) is 4.71. The summed E-state index contributed by atoms with van der Waals surface area (Å²) in [5.41, 5.74) is 0.871. The minimum atomic E-state index is -1.25. The van der Waals surface area contributed by atoms with E-state index in [0.717, 1.165) is 11.1 Å². The Kier molecular flexibility index (Phi) is 7.67. The van der Waals surface area contributed by atoms with E-state index < -0.39 is 20.1 Å². The molecule has 3 N–H and O–H groups in total. The minimum absolute atomic E-state index is 0.0678. The molecule has 0 aliphatic heterocycles. The van der Waals surface area contributed by atoms with E-state index in [9.17, 15) is 14.7 Å². The van der Waals surface area contributed by atoms with Crippen molar-refractivity contribution >= 4 is 20.1 Å². The second kappa shape index (κ2) is 8.92. The third-order valence-electron chi connectivity index (χ3n) is 4.08. The molecule has 1 aromatic carbocycles. The molecule has 7 heteroatoms. The number of phenols is 1. The van der Waals surface area contributed by atoms with E-state index in [0.29, 0.717) is 5.75 Å². The first-order chi connectivity index (χ1) is 12.2. The van der Waals surface area contributed by atoms with Crippen LogP contribution in [0.3, 0.4) is 0 Å². The Hall–Kier alpha value is -1.81. The van der Waals surface area contributed by atoms with Crippen LogP contribution in [0, 0.1) is 0 Å². The van der Waals surface area contributed by atoms with Gasteiger partial charge in [0.1, 0.15) is 11.5 Å². The van der Waals surface area contributed by atoms with E-state index in [-0.39, 0.29) is 41.7 Å². The number of carbonyl (C=O) groups is 2. The highest BCUT2D eigenvalue weighted by Gasteiger charge is 2.27. The fourth-order valence-corrected chi connectivity index (χ4v) is 4.29. The van der Waals surface area contributed by atoms with Gasteiger partial charge in [0, 0.05) is 23.5 Å². The number of aromatic hydroxyl groups is 1. The predicted molar refractivity (Wildman–Crippen MR) is 107 cm³/mol. The fraction of sp³-hybridized carbons (Fsp3) is 0.600. The normalized spacial score (nSPS) is 12.3. The van der Waals surface area contributed by atoms with Gasteiger partial charge < -0.3 is 19.8 Å². The van der Waals surface area contributed by atoms with Crippen molar-refractivity contribution in [1.82, 2.24) is 0 Å². The maximum atomic E-state index is 10.9. The molecule has 0 unspecified atom stereocenters. The second-order valence-electron chi connectivity index (χ2n) is 8.67. The number of benzene rings is 1. The molecule has 152 valence electrons. The van der Waals surface area contributed by atoms with Gasteiger partial charge in [-0.05, 0) is 23.0 Å².